The molecule has 6 nitrogen and oxygen atoms in total. The summed E-state index contributed by atoms with van der Waals surface area (Å²) < 4.78 is 23.5. The van der Waals surface area contributed by atoms with E-state index in [4.69, 9.17) is 0 Å². The van der Waals surface area contributed by atoms with Crippen LogP contribution in [-0.2, 0) is 9.84 Å². The largest absolute Gasteiger partial charge is 0.354 e. The van der Waals surface area contributed by atoms with Crippen LogP contribution < -0.4 is 5.32 Å². The molecule has 0 bridgehead atoms. The van der Waals surface area contributed by atoms with Crippen LogP contribution in [0.2, 0.25) is 0 Å². The van der Waals surface area contributed by atoms with Crippen LogP contribution in [0.4, 0.5) is 11.4 Å². The summed E-state index contributed by atoms with van der Waals surface area (Å²) in [5.74, 6) is 0.00552. The Morgan fingerprint density at radius 2 is 2.08 bits per heavy atom. The Bertz CT molecular complexity index is 912. The van der Waals surface area contributed by atoms with Gasteiger partial charge in [0, 0.05) is 24.5 Å². The predicted molar refractivity (Wildman–Crippen MR) is 102 cm³/mol. The summed E-state index contributed by atoms with van der Waals surface area (Å²) in [6.45, 7) is 4.34. The van der Waals surface area contributed by atoms with Gasteiger partial charge in [-0.05, 0) is 38.0 Å². The van der Waals surface area contributed by atoms with E-state index < -0.39 is 9.84 Å². The van der Waals surface area contributed by atoms with E-state index >= 15 is 0 Å². The molecule has 138 valence electrons. The highest BCUT2D eigenvalue weighted by atomic mass is 32.2. The van der Waals surface area contributed by atoms with Crippen molar-refractivity contribution in [1.82, 2.24) is 9.88 Å². The minimum Gasteiger partial charge on any atom is -0.354 e. The van der Waals surface area contributed by atoms with Gasteiger partial charge >= 0.3 is 0 Å². The number of para-hydroxylation sites is 1. The van der Waals surface area contributed by atoms with Gasteiger partial charge < -0.3 is 10.2 Å². The second-order valence-corrected chi connectivity index (χ2v) is 8.78. The van der Waals surface area contributed by atoms with Crippen molar-refractivity contribution in [3.63, 3.8) is 0 Å². The quantitative estimate of drug-likeness (QED) is 0.872. The van der Waals surface area contributed by atoms with Gasteiger partial charge in [0.15, 0.2) is 9.84 Å². The van der Waals surface area contributed by atoms with Crippen molar-refractivity contribution < 1.29 is 13.2 Å². The third-order valence-electron chi connectivity index (χ3n) is 4.66. The number of pyridine rings is 1. The average Bonchev–Trinajstić information content (AvgIpc) is 2.97. The zero-order chi connectivity index (χ0) is 18.7. The number of carbonyl (C=O) groups excluding carboxylic acids is 1. The second kappa shape index (κ2) is 7.45. The molecule has 26 heavy (non-hydrogen) atoms. The first-order valence-electron chi connectivity index (χ1n) is 8.68. The molecule has 0 spiro atoms. The van der Waals surface area contributed by atoms with Gasteiger partial charge in [-0.2, -0.15) is 0 Å². The fraction of sp³-hybridized carbons (Fsp3) is 0.368. The van der Waals surface area contributed by atoms with E-state index in [1.54, 1.807) is 17.2 Å². The topological polar surface area (TPSA) is 79.4 Å². The summed E-state index contributed by atoms with van der Waals surface area (Å²) in [5, 5.41) is 3.28. The van der Waals surface area contributed by atoms with Crippen LogP contribution >= 0.6 is 0 Å². The lowest BCUT2D eigenvalue weighted by Gasteiger charge is -2.27. The molecule has 2 heterocycles. The summed E-state index contributed by atoms with van der Waals surface area (Å²) in [7, 11) is -3.04. The molecule has 2 aromatic rings. The molecule has 1 N–H and O–H groups in total. The van der Waals surface area contributed by atoms with Crippen LogP contribution in [0.15, 0.2) is 42.7 Å². The number of carbonyl (C=O) groups is 1. The van der Waals surface area contributed by atoms with Gasteiger partial charge in [0.25, 0.3) is 5.91 Å². The summed E-state index contributed by atoms with van der Waals surface area (Å²) >= 11 is 0. The molecule has 3 rings (SSSR count). The molecule has 1 aromatic heterocycles. The fourth-order valence-electron chi connectivity index (χ4n) is 3.25. The van der Waals surface area contributed by atoms with E-state index in [0.717, 1.165) is 16.9 Å². The SMILES string of the molecule is CCN(C(=O)c1cncc(Nc2ccccc2C)c1)C1CCS(=O)(=O)C1. The Hall–Kier alpha value is -2.41. The first-order chi connectivity index (χ1) is 12.4. The highest BCUT2D eigenvalue weighted by Gasteiger charge is 2.34. The van der Waals surface area contributed by atoms with Crippen LogP contribution in [0.5, 0.6) is 0 Å². The lowest BCUT2D eigenvalue weighted by Crippen LogP contribution is -2.41. The van der Waals surface area contributed by atoms with Gasteiger partial charge in [0.2, 0.25) is 0 Å². The number of nitrogens with one attached hydrogen (secondary N) is 1. The lowest BCUT2D eigenvalue weighted by atomic mass is 10.1. The molecule has 1 unspecified atom stereocenters. The summed E-state index contributed by atoms with van der Waals surface area (Å²) in [6.07, 6.45) is 3.69. The number of nitrogens with zero attached hydrogens (tertiary/aromatic N) is 2. The Morgan fingerprint density at radius 1 is 1.31 bits per heavy atom. The number of sulfone groups is 1. The Kier molecular flexibility index (Phi) is 5.27. The molecule has 1 fully saturated rings. The average molecular weight is 373 g/mol. The lowest BCUT2D eigenvalue weighted by molar-refractivity contribution is 0.0708. The van der Waals surface area contributed by atoms with Gasteiger partial charge in [0.05, 0.1) is 29.0 Å². The Morgan fingerprint density at radius 3 is 2.73 bits per heavy atom. The van der Waals surface area contributed by atoms with Crippen molar-refractivity contribution in [2.75, 3.05) is 23.4 Å². The molecular formula is C19H23N3O3S. The fourth-order valence-corrected chi connectivity index (χ4v) is 4.98. The maximum absolute atomic E-state index is 12.9. The maximum Gasteiger partial charge on any atom is 0.255 e. The maximum atomic E-state index is 12.9. The van der Waals surface area contributed by atoms with Gasteiger partial charge in [-0.15, -0.1) is 0 Å². The van der Waals surface area contributed by atoms with E-state index in [0.29, 0.717) is 18.5 Å². The highest BCUT2D eigenvalue weighted by molar-refractivity contribution is 7.91. The molecule has 1 amide bonds. The number of amides is 1. The van der Waals surface area contributed by atoms with Gasteiger partial charge in [-0.25, -0.2) is 8.42 Å². The van der Waals surface area contributed by atoms with E-state index in [9.17, 15) is 13.2 Å². The van der Waals surface area contributed by atoms with Crippen LogP contribution in [-0.4, -0.2) is 48.3 Å². The van der Waals surface area contributed by atoms with Crippen molar-refractivity contribution in [3.8, 4) is 0 Å². The molecule has 0 saturated carbocycles. The van der Waals surface area contributed by atoms with Crippen molar-refractivity contribution in [3.05, 3.63) is 53.9 Å². The molecule has 1 saturated heterocycles. The van der Waals surface area contributed by atoms with E-state index in [1.807, 2.05) is 38.1 Å². The number of aryl methyl sites for hydroxylation is 1. The third kappa shape index (κ3) is 4.04. The number of hydrogen-bond donors (Lipinski definition) is 1. The third-order valence-corrected chi connectivity index (χ3v) is 6.41. The van der Waals surface area contributed by atoms with Crippen LogP contribution in [0.25, 0.3) is 0 Å². The number of rotatable bonds is 5. The van der Waals surface area contributed by atoms with Crippen LogP contribution in [0.1, 0.15) is 29.3 Å². The summed E-state index contributed by atoms with van der Waals surface area (Å²) in [5.41, 5.74) is 3.22. The zero-order valence-corrected chi connectivity index (χ0v) is 15.8. The van der Waals surface area contributed by atoms with E-state index in [2.05, 4.69) is 10.3 Å². The molecule has 0 radical (unpaired) electrons. The second-order valence-electron chi connectivity index (χ2n) is 6.55. The van der Waals surface area contributed by atoms with Crippen molar-refractivity contribution in [2.45, 2.75) is 26.3 Å². The summed E-state index contributed by atoms with van der Waals surface area (Å²) in [6, 6.07) is 9.37. The predicted octanol–water partition coefficient (Wildman–Crippen LogP) is 2.78. The molecule has 1 aromatic carbocycles. The number of hydrogen-bond acceptors (Lipinski definition) is 5. The van der Waals surface area contributed by atoms with Crippen molar-refractivity contribution in [1.29, 1.82) is 0 Å². The molecule has 7 heteroatoms. The van der Waals surface area contributed by atoms with Gasteiger partial charge in [-0.3, -0.25) is 9.78 Å². The molecular weight excluding hydrogens is 350 g/mol. The Labute approximate surface area is 154 Å². The first-order valence-corrected chi connectivity index (χ1v) is 10.5. The molecule has 1 aliphatic rings. The van der Waals surface area contributed by atoms with Crippen molar-refractivity contribution >= 4 is 27.1 Å². The standard InChI is InChI=1S/C19H23N3O3S/c1-3-22(17-8-9-26(24,25)13-17)19(23)15-10-16(12-20-11-15)21-18-7-5-4-6-14(18)2/h4-7,10-12,17,21H,3,8-9,13H2,1-2H3. The van der Waals surface area contributed by atoms with Crippen molar-refractivity contribution in [2.24, 2.45) is 0 Å². The zero-order valence-electron chi connectivity index (χ0n) is 15.0. The highest BCUT2D eigenvalue weighted by Crippen LogP contribution is 2.23. The number of aromatic nitrogens is 1. The van der Waals surface area contributed by atoms with E-state index in [-0.39, 0.29) is 23.5 Å². The molecule has 1 aliphatic heterocycles. The minimum atomic E-state index is -3.04. The monoisotopic (exact) mass is 373 g/mol. The smallest absolute Gasteiger partial charge is 0.255 e. The normalized spacial score (nSPS) is 18.5. The number of benzene rings is 1. The van der Waals surface area contributed by atoms with Gasteiger partial charge in [-0.1, -0.05) is 18.2 Å². The van der Waals surface area contributed by atoms with Gasteiger partial charge in [0.1, 0.15) is 0 Å². The summed E-state index contributed by atoms with van der Waals surface area (Å²) in [4.78, 5) is 18.7. The molecule has 1 atom stereocenters. The first kappa shape index (κ1) is 18.4. The number of anilines is 2. The van der Waals surface area contributed by atoms with Crippen LogP contribution in [0, 0.1) is 6.92 Å². The minimum absolute atomic E-state index is 0.0428. The molecule has 0 aliphatic carbocycles. The van der Waals surface area contributed by atoms with Crippen LogP contribution in [0.3, 0.4) is 0 Å². The van der Waals surface area contributed by atoms with E-state index in [1.165, 1.54) is 6.20 Å². The Balaban J connectivity index is 1.80.